The second-order valence-corrected chi connectivity index (χ2v) is 12.8. The third-order valence-corrected chi connectivity index (χ3v) is 8.79. The Balaban J connectivity index is 0.000000638. The number of amides is 2. The van der Waals surface area contributed by atoms with Gasteiger partial charge in [0.05, 0.1) is 18.8 Å². The number of hydrogen-bond donors (Lipinski definition) is 4. The fraction of sp³-hybridized carbons (Fsp3) is 0.538. The minimum Gasteiger partial charge on any atom is -0.495 e. The van der Waals surface area contributed by atoms with Crippen molar-refractivity contribution in [3.05, 3.63) is 58.7 Å². The van der Waals surface area contributed by atoms with E-state index in [1.165, 1.54) is 0 Å². The van der Waals surface area contributed by atoms with Crippen LogP contribution in [0.4, 0.5) is 5.69 Å². The van der Waals surface area contributed by atoms with Crippen molar-refractivity contribution >= 4 is 30.6 Å². The van der Waals surface area contributed by atoms with Gasteiger partial charge in [0.25, 0.3) is 0 Å². The molecule has 12 heteroatoms. The minimum atomic E-state index is -0.404. The van der Waals surface area contributed by atoms with Crippen LogP contribution in [0.15, 0.2) is 36.4 Å². The first-order chi connectivity index (χ1) is 24.7. The maximum Gasteiger partial charge on any atom is 0.243 e. The molecule has 0 aromatic heterocycles. The summed E-state index contributed by atoms with van der Waals surface area (Å²) in [5.74, 6) is 6.68. The lowest BCUT2D eigenvalue weighted by Crippen LogP contribution is -2.51. The molecule has 2 aromatic rings. The summed E-state index contributed by atoms with van der Waals surface area (Å²) in [6, 6.07) is 11.2. The van der Waals surface area contributed by atoms with Gasteiger partial charge >= 0.3 is 0 Å². The van der Waals surface area contributed by atoms with Gasteiger partial charge < -0.3 is 36.0 Å². The zero-order valence-corrected chi connectivity index (χ0v) is 30.7. The predicted octanol–water partition coefficient (Wildman–Crippen LogP) is 3.08. The zero-order valence-electron chi connectivity index (χ0n) is 30.7. The average molecular weight is 707 g/mol. The van der Waals surface area contributed by atoms with Crippen LogP contribution in [0.1, 0.15) is 78.4 Å². The maximum absolute atomic E-state index is 12.2. The number of imide groups is 1. The maximum atomic E-state index is 12.2. The number of carbonyl (C=O) groups is 4. The van der Waals surface area contributed by atoms with Crippen molar-refractivity contribution in [2.45, 2.75) is 76.9 Å². The van der Waals surface area contributed by atoms with Crippen LogP contribution in [0.25, 0.3) is 0 Å². The van der Waals surface area contributed by atoms with Gasteiger partial charge in [-0.25, -0.2) is 0 Å². The van der Waals surface area contributed by atoms with Crippen molar-refractivity contribution < 1.29 is 28.7 Å². The molecule has 0 radical (unpaired) electrons. The zero-order chi connectivity index (χ0) is 37.4. The summed E-state index contributed by atoms with van der Waals surface area (Å²) in [4.78, 5) is 47.8. The minimum absolute atomic E-state index is 0.238. The van der Waals surface area contributed by atoms with Gasteiger partial charge in [-0.3, -0.25) is 24.6 Å². The fourth-order valence-corrected chi connectivity index (χ4v) is 5.84. The Bertz CT molecular complexity index is 1420. The third kappa shape index (κ3) is 16.2. The first kappa shape index (κ1) is 43.0. The number of likely N-dealkylation sites (tertiary alicyclic amines) is 1. The van der Waals surface area contributed by atoms with E-state index in [1.54, 1.807) is 13.2 Å². The molecule has 2 aromatic carbocycles. The summed E-state index contributed by atoms with van der Waals surface area (Å²) in [6.45, 7) is 11.1. The van der Waals surface area contributed by atoms with Crippen LogP contribution >= 0.6 is 0 Å². The number of carbonyl (C=O) groups excluding carboxylic acids is 4. The highest BCUT2D eigenvalue weighted by Gasteiger charge is 2.30. The highest BCUT2D eigenvalue weighted by Crippen LogP contribution is 2.21. The number of nitrogens with two attached hydrogens (primary N) is 2. The van der Waals surface area contributed by atoms with E-state index in [4.69, 9.17) is 25.7 Å². The summed E-state index contributed by atoms with van der Waals surface area (Å²) in [7, 11) is 3.45. The summed E-state index contributed by atoms with van der Waals surface area (Å²) < 4.78 is 10.8. The molecule has 2 aliphatic heterocycles. The van der Waals surface area contributed by atoms with Gasteiger partial charge in [-0.05, 0) is 108 Å². The van der Waals surface area contributed by atoms with Crippen molar-refractivity contribution in [2.24, 2.45) is 5.73 Å². The number of hydrogen-bond acceptors (Lipinski definition) is 11. The molecule has 0 bridgehead atoms. The molecule has 1 unspecified atom stereocenters. The predicted molar refractivity (Wildman–Crippen MR) is 201 cm³/mol. The molecule has 0 spiro atoms. The van der Waals surface area contributed by atoms with Crippen molar-refractivity contribution in [2.75, 3.05) is 65.8 Å². The van der Waals surface area contributed by atoms with Crippen LogP contribution in [-0.2, 0) is 25.7 Å². The smallest absolute Gasteiger partial charge is 0.243 e. The number of likely N-dealkylation sites (N-methyl/N-ethyl adjacent to an activating group) is 1. The van der Waals surface area contributed by atoms with Crippen LogP contribution in [0, 0.1) is 18.8 Å². The highest BCUT2D eigenvalue weighted by atomic mass is 16.5. The normalized spacial score (nSPS) is 16.1. The van der Waals surface area contributed by atoms with Gasteiger partial charge in [-0.15, -0.1) is 0 Å². The van der Waals surface area contributed by atoms with Crippen molar-refractivity contribution in [3.63, 3.8) is 0 Å². The number of piperidine rings is 2. The number of aryl methyl sites for hydroxylation is 1. The molecule has 4 rings (SSSR count). The molecule has 51 heavy (non-hydrogen) atoms. The van der Waals surface area contributed by atoms with Crippen molar-refractivity contribution in [3.8, 4) is 17.6 Å². The Morgan fingerprint density at radius 2 is 1.80 bits per heavy atom. The number of methoxy groups -OCH3 is 1. The highest BCUT2D eigenvalue weighted by molar-refractivity contribution is 6.00. The van der Waals surface area contributed by atoms with E-state index >= 15 is 0 Å². The van der Waals surface area contributed by atoms with Gasteiger partial charge in [0.2, 0.25) is 11.8 Å². The Morgan fingerprint density at radius 3 is 2.49 bits per heavy atom. The van der Waals surface area contributed by atoms with Crippen LogP contribution in [0.5, 0.6) is 5.75 Å². The van der Waals surface area contributed by atoms with Crippen LogP contribution < -0.4 is 26.8 Å². The lowest BCUT2D eigenvalue weighted by Gasteiger charge is -2.30. The van der Waals surface area contributed by atoms with Gasteiger partial charge in [-0.1, -0.05) is 30.0 Å². The molecule has 1 atom stereocenters. The molecule has 6 N–H and O–H groups in total. The first-order valence-corrected chi connectivity index (χ1v) is 17.8. The molecule has 0 aliphatic carbocycles. The molecule has 12 nitrogen and oxygen atoms in total. The molecular formula is C39H58N6O6. The molecule has 280 valence electrons. The fourth-order valence-electron chi connectivity index (χ4n) is 5.84. The second-order valence-electron chi connectivity index (χ2n) is 12.8. The number of nitrogens with zero attached hydrogens (tertiary/aromatic N) is 2. The number of anilines is 1. The van der Waals surface area contributed by atoms with E-state index in [0.717, 1.165) is 113 Å². The van der Waals surface area contributed by atoms with Crippen molar-refractivity contribution in [1.29, 1.82) is 0 Å². The first-order valence-electron chi connectivity index (χ1n) is 17.8. The molecule has 0 saturated carbocycles. The van der Waals surface area contributed by atoms with E-state index in [9.17, 15) is 14.4 Å². The number of benzene rings is 2. The van der Waals surface area contributed by atoms with E-state index in [2.05, 4.69) is 27.4 Å². The Hall–Kier alpha value is -4.12. The average Bonchev–Trinajstić information content (AvgIpc) is 3.13. The summed E-state index contributed by atoms with van der Waals surface area (Å²) in [6.07, 6.45) is 7.59. The van der Waals surface area contributed by atoms with E-state index in [0.29, 0.717) is 36.7 Å². The van der Waals surface area contributed by atoms with Crippen LogP contribution in [0.3, 0.4) is 0 Å². The van der Waals surface area contributed by atoms with E-state index < -0.39 is 6.04 Å². The third-order valence-electron chi connectivity index (χ3n) is 8.79. The molecule has 2 aliphatic rings. The van der Waals surface area contributed by atoms with E-state index in [-0.39, 0.29) is 11.8 Å². The number of aldehydes is 1. The number of nitrogen functional groups attached to an aromatic ring is 1. The number of rotatable bonds is 16. The molecule has 2 heterocycles. The molecule has 2 amide bonds. The number of ether oxygens (including phenoxy) is 2. The van der Waals surface area contributed by atoms with E-state index in [1.807, 2.05) is 56.0 Å². The summed E-state index contributed by atoms with van der Waals surface area (Å²) >= 11 is 0. The standard InChI is InChI=1S/C30H45N5O4.C8H11NO.CH2O/c1-34(28-11-12-29(37)33-30(28)38)22-27-24(9-5-10-25(27)23-36)8-3-2-4-15-32-16-6-20-39-21-7-17-35-18-13-26(31)14-19-35;1-6-3-4-7(9)8(5-6)10-2;1-2/h5,9-10,23,26,28,32H,2,4,6-7,11-22,31H2,1H3,(H,33,37,38);3-5H,9H2,1-2H3;1H2. The van der Waals surface area contributed by atoms with Crippen LogP contribution in [-0.4, -0.2) is 107 Å². The van der Waals surface area contributed by atoms with Crippen LogP contribution in [0.2, 0.25) is 0 Å². The Kier molecular flexibility index (Phi) is 21.0. The lowest BCUT2D eigenvalue weighted by atomic mass is 9.99. The number of unbranched alkanes of at least 4 members (excludes halogenated alkanes) is 1. The SMILES string of the molecule is C=O.CN(Cc1c(C#CCCCNCCCOCCCN2CCC(N)CC2)cccc1C=O)C1CCC(=O)NC1=O.COc1cc(C)ccc1N. The molecule has 2 saturated heterocycles. The number of nitrogens with one attached hydrogen (secondary N) is 2. The summed E-state index contributed by atoms with van der Waals surface area (Å²) in [5, 5.41) is 5.84. The summed E-state index contributed by atoms with van der Waals surface area (Å²) in [5.41, 5.74) is 15.6. The lowest BCUT2D eigenvalue weighted by molar-refractivity contribution is -0.137. The topological polar surface area (TPSA) is 169 Å². The molecule has 2 fully saturated rings. The second kappa shape index (κ2) is 24.9. The Labute approximate surface area is 304 Å². The molecular weight excluding hydrogens is 648 g/mol. The van der Waals surface area contributed by atoms with Gasteiger partial charge in [0.1, 0.15) is 18.8 Å². The Morgan fingerprint density at radius 1 is 1.08 bits per heavy atom. The van der Waals surface area contributed by atoms with Gasteiger partial charge in [0.15, 0.2) is 0 Å². The van der Waals surface area contributed by atoms with Gasteiger partial charge in [0, 0.05) is 56.3 Å². The largest absolute Gasteiger partial charge is 0.495 e. The van der Waals surface area contributed by atoms with Gasteiger partial charge in [-0.2, -0.15) is 0 Å². The van der Waals surface area contributed by atoms with Crippen molar-refractivity contribution in [1.82, 2.24) is 20.4 Å². The monoisotopic (exact) mass is 706 g/mol. The quantitative estimate of drug-likeness (QED) is 0.0666.